The Bertz CT molecular complexity index is 901. The normalized spacial score (nSPS) is 42.7. The number of carboxylic acid groups (broad SMARTS) is 2. The summed E-state index contributed by atoms with van der Waals surface area (Å²) in [5.41, 5.74) is 0. The van der Waals surface area contributed by atoms with Crippen molar-refractivity contribution in [2.45, 2.75) is 79.1 Å². The Labute approximate surface area is 287 Å². The molecule has 0 aromatic heterocycles. The molecule has 238 valence electrons. The van der Waals surface area contributed by atoms with Crippen molar-refractivity contribution in [3.63, 3.8) is 0 Å². The summed E-state index contributed by atoms with van der Waals surface area (Å²) in [4.78, 5) is 21.3. The molecular weight excluding hydrogens is 618 g/mol. The maximum atomic E-state index is 10.9. The molecule has 0 aliphatic carbocycles. The molecule has 0 saturated carbocycles. The number of ether oxygens (including phenoxy) is 7. The predicted molar refractivity (Wildman–Crippen MR) is 114 cm³/mol. The first kappa shape index (κ1) is 41.3. The van der Waals surface area contributed by atoms with Crippen LogP contribution < -0.4 is 69.3 Å². The van der Waals surface area contributed by atoms with Crippen molar-refractivity contribution in [3.05, 3.63) is 0 Å². The van der Waals surface area contributed by atoms with Gasteiger partial charge in [-0.1, -0.05) is 0 Å². The van der Waals surface area contributed by atoms with Gasteiger partial charge in [-0.15, -0.1) is 0 Å². The van der Waals surface area contributed by atoms with E-state index in [0.717, 1.165) is 0 Å². The average molecular weight is 650 g/mol. The van der Waals surface area contributed by atoms with E-state index in [-0.39, 0.29) is 59.1 Å². The topological polar surface area (TPSA) is 327 Å². The van der Waals surface area contributed by atoms with E-state index < -0.39 is 131 Å². The first-order chi connectivity index (χ1) is 19.2. The Kier molecular flexibility index (Phi) is 16.8. The summed E-state index contributed by atoms with van der Waals surface area (Å²) in [6.45, 7) is -5.61. The summed E-state index contributed by atoms with van der Waals surface area (Å²) in [6, 6.07) is 0. The van der Waals surface area contributed by atoms with E-state index in [1.54, 1.807) is 0 Å². The van der Waals surface area contributed by atoms with Gasteiger partial charge in [0.15, 0.2) is 12.4 Å². The maximum Gasteiger partial charge on any atom is 1.00 e. The van der Waals surface area contributed by atoms with Gasteiger partial charge < -0.3 is 89.4 Å². The van der Waals surface area contributed by atoms with Crippen LogP contribution in [0.15, 0.2) is 0 Å². The molecular formula is C21H32Na2O20. The van der Waals surface area contributed by atoms with Gasteiger partial charge in [0.05, 0.1) is 45.0 Å². The number of carbonyl (C=O) groups is 2. The van der Waals surface area contributed by atoms with E-state index in [2.05, 4.69) is 0 Å². The zero-order valence-corrected chi connectivity index (χ0v) is 27.1. The number of carboxylic acids is 2. The summed E-state index contributed by atoms with van der Waals surface area (Å²) in [6.07, 6.45) is -21.5. The molecule has 0 bridgehead atoms. The molecule has 0 aromatic carbocycles. The molecule has 0 amide bonds. The first-order valence-electron chi connectivity index (χ1n) is 12.1. The zero-order chi connectivity index (χ0) is 30.7. The Balaban J connectivity index is 0.00000462. The quantitative estimate of drug-likeness (QED) is 0.0622. The van der Waals surface area contributed by atoms with Crippen molar-refractivity contribution < 1.29 is 158 Å². The molecule has 13 atom stereocenters. The third-order valence-electron chi connectivity index (χ3n) is 6.56. The van der Waals surface area contributed by atoms with Gasteiger partial charge in [0.2, 0.25) is 5.79 Å². The molecule has 3 aliphatic heterocycles. The smallest absolute Gasteiger partial charge is 0.548 e. The third-order valence-corrected chi connectivity index (χ3v) is 6.56. The van der Waals surface area contributed by atoms with Crippen LogP contribution in [0.1, 0.15) is 0 Å². The molecule has 43 heavy (non-hydrogen) atoms. The van der Waals surface area contributed by atoms with Crippen LogP contribution in [0.4, 0.5) is 0 Å². The minimum absolute atomic E-state index is 0. The predicted octanol–water partition coefficient (Wildman–Crippen LogP) is -16.1. The van der Waals surface area contributed by atoms with Crippen molar-refractivity contribution in [3.8, 4) is 0 Å². The molecule has 0 spiro atoms. The van der Waals surface area contributed by atoms with Gasteiger partial charge in [0.25, 0.3) is 0 Å². The fourth-order valence-corrected chi connectivity index (χ4v) is 4.42. The van der Waals surface area contributed by atoms with Crippen LogP contribution in [-0.2, 0) is 42.7 Å². The van der Waals surface area contributed by atoms with E-state index in [9.17, 15) is 65.8 Å². The monoisotopic (exact) mass is 650 g/mol. The summed E-state index contributed by atoms with van der Waals surface area (Å²) >= 11 is 0. The van der Waals surface area contributed by atoms with E-state index in [1.165, 1.54) is 0 Å². The summed E-state index contributed by atoms with van der Waals surface area (Å²) in [5.74, 6) is -9.21. The van der Waals surface area contributed by atoms with Crippen LogP contribution in [0.25, 0.3) is 0 Å². The fourth-order valence-electron chi connectivity index (χ4n) is 4.42. The summed E-state index contributed by atoms with van der Waals surface area (Å²) < 4.78 is 36.7. The average Bonchev–Trinajstić information content (AvgIpc) is 3.29. The van der Waals surface area contributed by atoms with E-state index in [4.69, 9.17) is 33.2 Å². The fraction of sp³-hybridized carbons (Fsp3) is 0.905. The van der Waals surface area contributed by atoms with Crippen LogP contribution in [0.3, 0.4) is 0 Å². The molecule has 3 aliphatic rings. The van der Waals surface area contributed by atoms with E-state index in [0.29, 0.717) is 0 Å². The standard InChI is InChI=1S/C21H34O20.2Na/c22-1-7-12(28)15(31)16(32)19(37-7)40-21(18(34)14(30)9(39-21)3-36-5-11(26)27)41-20(6-23)17(33)13(29)8(38-20)2-35-4-10(24)25;;/h7-9,12-19,22-23,28-34H,1-6H2,(H,24,25)(H,26,27);;/q;2*+1/p-2/t7?,8-,9-,12-,13?,14?,15-,16?,17-,18-,19-,20+,21-;;/m1../s1. The second kappa shape index (κ2) is 17.5. The molecule has 3 rings (SSSR count). The number of aliphatic hydroxyl groups excluding tert-OH is 9. The number of hydrogen-bond acceptors (Lipinski definition) is 20. The largest absolute Gasteiger partial charge is 1.00 e. The van der Waals surface area contributed by atoms with Crippen molar-refractivity contribution in [2.24, 2.45) is 0 Å². The third kappa shape index (κ3) is 9.22. The molecule has 3 saturated heterocycles. The van der Waals surface area contributed by atoms with Gasteiger partial charge in [-0.05, 0) is 0 Å². The first-order valence-corrected chi connectivity index (χ1v) is 12.1. The Hall–Kier alpha value is 0.300. The van der Waals surface area contributed by atoms with Gasteiger partial charge >= 0.3 is 65.1 Å². The minimum Gasteiger partial charge on any atom is -0.548 e. The van der Waals surface area contributed by atoms with Gasteiger partial charge in [-0.25, -0.2) is 0 Å². The van der Waals surface area contributed by atoms with Gasteiger partial charge in [0.1, 0.15) is 61.5 Å². The van der Waals surface area contributed by atoms with E-state index >= 15 is 0 Å². The van der Waals surface area contributed by atoms with Crippen LogP contribution in [-0.4, -0.2) is 177 Å². The van der Waals surface area contributed by atoms with Crippen LogP contribution in [0, 0.1) is 0 Å². The molecule has 0 radical (unpaired) electrons. The Morgan fingerprint density at radius 1 is 0.698 bits per heavy atom. The van der Waals surface area contributed by atoms with Crippen molar-refractivity contribution in [1.29, 1.82) is 0 Å². The molecule has 4 unspecified atom stereocenters. The van der Waals surface area contributed by atoms with Crippen LogP contribution >= 0.6 is 0 Å². The maximum absolute atomic E-state index is 10.9. The number of aliphatic hydroxyl groups is 9. The SMILES string of the molecule is O=C([O-])COC[C@H]1O[C@@](CO)(O[C@@]2(O[C@H]3OC(CO)[C@@H](O)[C@@H](O)C3O)O[C@H](COCC(=O)[O-])C(O)[C@H]2O)[C@H](O)C1O.[Na+].[Na+]. The summed E-state index contributed by atoms with van der Waals surface area (Å²) in [7, 11) is 0. The minimum atomic E-state index is -3.15. The van der Waals surface area contributed by atoms with Crippen molar-refractivity contribution in [2.75, 3.05) is 39.6 Å². The van der Waals surface area contributed by atoms with Gasteiger partial charge in [-0.2, -0.15) is 0 Å². The van der Waals surface area contributed by atoms with Crippen molar-refractivity contribution in [1.82, 2.24) is 0 Å². The molecule has 20 nitrogen and oxygen atoms in total. The number of hydrogen-bond donors (Lipinski definition) is 9. The zero-order valence-electron chi connectivity index (χ0n) is 23.1. The molecule has 3 fully saturated rings. The van der Waals surface area contributed by atoms with E-state index in [1.807, 2.05) is 0 Å². The second-order valence-electron chi connectivity index (χ2n) is 9.45. The molecule has 3 heterocycles. The van der Waals surface area contributed by atoms with Crippen LogP contribution in [0.5, 0.6) is 0 Å². The van der Waals surface area contributed by atoms with Crippen LogP contribution in [0.2, 0.25) is 0 Å². The van der Waals surface area contributed by atoms with Crippen molar-refractivity contribution >= 4 is 11.9 Å². The Morgan fingerprint density at radius 3 is 1.70 bits per heavy atom. The molecule has 22 heteroatoms. The summed E-state index contributed by atoms with van der Waals surface area (Å²) in [5, 5.41) is 114. The molecule has 0 aromatic rings. The number of carbonyl (C=O) groups excluding carboxylic acids is 2. The van der Waals surface area contributed by atoms with Gasteiger partial charge in [-0.3, -0.25) is 9.47 Å². The Morgan fingerprint density at radius 2 is 1.21 bits per heavy atom. The second-order valence-corrected chi connectivity index (χ2v) is 9.45. The number of rotatable bonds is 14. The molecule has 9 N–H and O–H groups in total. The van der Waals surface area contributed by atoms with Gasteiger partial charge in [0, 0.05) is 0 Å². The number of aliphatic carboxylic acids is 2.